The molecule has 0 atom stereocenters. The first-order chi connectivity index (χ1) is 14.7. The Balaban J connectivity index is 1.57. The van der Waals surface area contributed by atoms with E-state index in [-0.39, 0.29) is 6.54 Å². The van der Waals surface area contributed by atoms with E-state index in [0.717, 1.165) is 12.1 Å². The quantitative estimate of drug-likeness (QED) is 0.412. The summed E-state index contributed by atoms with van der Waals surface area (Å²) < 4.78 is 45.0. The molecule has 0 saturated heterocycles. The van der Waals surface area contributed by atoms with Crippen molar-refractivity contribution in [2.45, 2.75) is 19.6 Å². The molecule has 0 spiro atoms. The lowest BCUT2D eigenvalue weighted by Gasteiger charge is -2.10. The molecule has 0 bridgehead atoms. The monoisotopic (exact) mass is 448 g/mol. The molecule has 6 nitrogen and oxygen atoms in total. The van der Waals surface area contributed by atoms with Gasteiger partial charge in [0.1, 0.15) is 0 Å². The third kappa shape index (κ3) is 6.29. The number of thiocarbonyl (C=S) groups is 1. The predicted octanol–water partition coefficient (Wildman–Crippen LogP) is 4.94. The van der Waals surface area contributed by atoms with Crippen LogP contribution in [-0.4, -0.2) is 27.5 Å². The molecule has 0 radical (unpaired) electrons. The number of rotatable bonds is 6. The van der Waals surface area contributed by atoms with E-state index in [1.807, 2.05) is 0 Å². The number of hydrogen-bond donors (Lipinski definition) is 2. The Morgan fingerprint density at radius 3 is 2.52 bits per heavy atom. The third-order valence-corrected chi connectivity index (χ3v) is 4.35. The van der Waals surface area contributed by atoms with Crippen molar-refractivity contribution in [1.29, 1.82) is 0 Å². The summed E-state index contributed by atoms with van der Waals surface area (Å²) in [4.78, 5) is 11.7. The smallest absolute Gasteiger partial charge is 0.416 e. The van der Waals surface area contributed by atoms with Crippen molar-refractivity contribution in [2.24, 2.45) is 0 Å². The Kier molecular flexibility index (Phi) is 6.91. The minimum Gasteiger partial charge on any atom is -0.462 e. The molecule has 1 aromatic heterocycles. The number of nitrogens with one attached hydrogen (secondary N) is 2. The van der Waals surface area contributed by atoms with Crippen LogP contribution in [0, 0.1) is 0 Å². The maximum atomic E-state index is 12.9. The fraction of sp³-hybridized carbons (Fsp3) is 0.190. The molecule has 0 saturated carbocycles. The van der Waals surface area contributed by atoms with E-state index < -0.39 is 17.7 Å². The first-order valence-corrected chi connectivity index (χ1v) is 9.69. The zero-order valence-corrected chi connectivity index (χ0v) is 17.3. The van der Waals surface area contributed by atoms with Crippen LogP contribution in [0.4, 0.5) is 24.5 Å². The van der Waals surface area contributed by atoms with Crippen LogP contribution in [-0.2, 0) is 17.5 Å². The van der Waals surface area contributed by atoms with E-state index in [1.54, 1.807) is 43.5 Å². The van der Waals surface area contributed by atoms with Gasteiger partial charge < -0.3 is 15.4 Å². The second kappa shape index (κ2) is 9.61. The van der Waals surface area contributed by atoms with E-state index in [1.165, 1.54) is 16.9 Å². The van der Waals surface area contributed by atoms with Gasteiger partial charge >= 0.3 is 12.1 Å². The Hall–Kier alpha value is -3.40. The van der Waals surface area contributed by atoms with E-state index >= 15 is 0 Å². The first kappa shape index (κ1) is 22.3. The number of ether oxygens (including phenoxy) is 1. The minimum atomic E-state index is -4.39. The summed E-state index contributed by atoms with van der Waals surface area (Å²) in [5.74, 6) is -0.400. The topological polar surface area (TPSA) is 68.2 Å². The summed E-state index contributed by atoms with van der Waals surface area (Å²) in [6.45, 7) is 2.22. The van der Waals surface area contributed by atoms with Gasteiger partial charge in [0.15, 0.2) is 5.11 Å². The van der Waals surface area contributed by atoms with E-state index in [9.17, 15) is 18.0 Å². The van der Waals surface area contributed by atoms with Gasteiger partial charge in [-0.1, -0.05) is 12.1 Å². The number of anilines is 2. The number of aromatic nitrogens is 2. The molecule has 0 amide bonds. The van der Waals surface area contributed by atoms with Crippen LogP contribution in [0.25, 0.3) is 0 Å². The fourth-order valence-electron chi connectivity index (χ4n) is 2.75. The minimum absolute atomic E-state index is 0.182. The second-order valence-electron chi connectivity index (χ2n) is 6.50. The predicted molar refractivity (Wildman–Crippen MR) is 115 cm³/mol. The van der Waals surface area contributed by atoms with Gasteiger partial charge in [-0.05, 0) is 61.1 Å². The second-order valence-corrected chi connectivity index (χ2v) is 6.91. The zero-order valence-electron chi connectivity index (χ0n) is 16.4. The molecular weight excluding hydrogens is 429 g/mol. The van der Waals surface area contributed by atoms with Gasteiger partial charge in [-0.2, -0.15) is 18.3 Å². The highest BCUT2D eigenvalue weighted by Crippen LogP contribution is 2.29. The number of halogens is 3. The van der Waals surface area contributed by atoms with Crippen LogP contribution in [0.15, 0.2) is 60.9 Å². The largest absolute Gasteiger partial charge is 0.462 e. The molecule has 3 aromatic rings. The standard InChI is InChI=1S/C21H19F3N4O2S/c1-2-30-19(29)15-6-8-17(9-7-15)26-20(31)27-18-11-25-28(13-18)12-14-4-3-5-16(10-14)21(22,23)24/h3-11,13H,2,12H2,1H3,(H2,26,27,31). The number of carbonyl (C=O) groups is 1. The van der Waals surface area contributed by atoms with Crippen molar-refractivity contribution in [3.8, 4) is 0 Å². The summed E-state index contributed by atoms with van der Waals surface area (Å²) in [6, 6.07) is 11.7. The Labute approximate surface area is 182 Å². The average molecular weight is 448 g/mol. The van der Waals surface area contributed by atoms with Crippen LogP contribution in [0.2, 0.25) is 0 Å². The van der Waals surface area contributed by atoms with Crippen LogP contribution >= 0.6 is 12.2 Å². The van der Waals surface area contributed by atoms with Gasteiger partial charge in [0.2, 0.25) is 0 Å². The zero-order chi connectivity index (χ0) is 22.4. The van der Waals surface area contributed by atoms with Gasteiger partial charge in [-0.25, -0.2) is 4.79 Å². The highest BCUT2D eigenvalue weighted by molar-refractivity contribution is 7.80. The van der Waals surface area contributed by atoms with Crippen molar-refractivity contribution in [2.75, 3.05) is 17.2 Å². The molecule has 0 unspecified atom stereocenters. The summed E-state index contributed by atoms with van der Waals surface area (Å²) >= 11 is 5.27. The SMILES string of the molecule is CCOC(=O)c1ccc(NC(=S)Nc2cnn(Cc3cccc(C(F)(F)F)c3)c2)cc1. The third-order valence-electron chi connectivity index (χ3n) is 4.14. The molecule has 31 heavy (non-hydrogen) atoms. The first-order valence-electron chi connectivity index (χ1n) is 9.28. The van der Waals surface area contributed by atoms with E-state index in [2.05, 4.69) is 15.7 Å². The van der Waals surface area contributed by atoms with E-state index in [4.69, 9.17) is 17.0 Å². The molecule has 3 rings (SSSR count). The van der Waals surface area contributed by atoms with Crippen molar-refractivity contribution in [1.82, 2.24) is 9.78 Å². The summed E-state index contributed by atoms with van der Waals surface area (Å²) in [5, 5.41) is 10.4. The molecule has 0 aliphatic rings. The summed E-state index contributed by atoms with van der Waals surface area (Å²) in [6.07, 6.45) is -1.23. The highest BCUT2D eigenvalue weighted by atomic mass is 32.1. The van der Waals surface area contributed by atoms with Crippen molar-refractivity contribution < 1.29 is 22.7 Å². The van der Waals surface area contributed by atoms with Gasteiger partial charge in [0.05, 0.1) is 36.2 Å². The average Bonchev–Trinajstić information content (AvgIpc) is 3.14. The molecule has 0 aliphatic heterocycles. The summed E-state index contributed by atoms with van der Waals surface area (Å²) in [7, 11) is 0. The lowest BCUT2D eigenvalue weighted by Crippen LogP contribution is -2.18. The van der Waals surface area contributed by atoms with Crippen molar-refractivity contribution in [3.63, 3.8) is 0 Å². The van der Waals surface area contributed by atoms with E-state index in [0.29, 0.717) is 34.2 Å². The van der Waals surface area contributed by atoms with Gasteiger partial charge in [0.25, 0.3) is 0 Å². The highest BCUT2D eigenvalue weighted by Gasteiger charge is 2.30. The van der Waals surface area contributed by atoms with Gasteiger partial charge in [0, 0.05) is 11.9 Å². The maximum absolute atomic E-state index is 12.9. The molecule has 162 valence electrons. The summed E-state index contributed by atoms with van der Waals surface area (Å²) in [5.41, 5.74) is 1.46. The normalized spacial score (nSPS) is 11.1. The molecule has 1 heterocycles. The number of hydrogen-bond acceptors (Lipinski definition) is 4. The fourth-order valence-corrected chi connectivity index (χ4v) is 2.98. The van der Waals surface area contributed by atoms with Crippen molar-refractivity contribution >= 4 is 34.7 Å². The lowest BCUT2D eigenvalue weighted by molar-refractivity contribution is -0.137. The maximum Gasteiger partial charge on any atom is 0.416 e. The molecule has 0 aliphatic carbocycles. The molecule has 0 fully saturated rings. The van der Waals surface area contributed by atoms with Crippen LogP contribution in [0.1, 0.15) is 28.4 Å². The Morgan fingerprint density at radius 2 is 1.84 bits per heavy atom. The number of alkyl halides is 3. The van der Waals surface area contributed by atoms with Crippen molar-refractivity contribution in [3.05, 3.63) is 77.6 Å². The molecule has 2 N–H and O–H groups in total. The Morgan fingerprint density at radius 1 is 1.13 bits per heavy atom. The number of carbonyl (C=O) groups excluding carboxylic acids is 1. The number of benzene rings is 2. The van der Waals surface area contributed by atoms with Gasteiger partial charge in [-0.3, -0.25) is 4.68 Å². The number of nitrogens with zero attached hydrogens (tertiary/aromatic N) is 2. The van der Waals surface area contributed by atoms with Crippen LogP contribution in [0.5, 0.6) is 0 Å². The molecule has 2 aromatic carbocycles. The molecule has 10 heteroatoms. The Bertz CT molecular complexity index is 1060. The van der Waals surface area contributed by atoms with Crippen LogP contribution in [0.3, 0.4) is 0 Å². The lowest BCUT2D eigenvalue weighted by atomic mass is 10.1. The van der Waals surface area contributed by atoms with Crippen LogP contribution < -0.4 is 10.6 Å². The number of esters is 1. The van der Waals surface area contributed by atoms with Gasteiger partial charge in [-0.15, -0.1) is 0 Å². The molecular formula is C21H19F3N4O2S.